The number of hydrogen-bond acceptors (Lipinski definition) is 2. The maximum absolute atomic E-state index is 12.3. The van der Waals surface area contributed by atoms with Crippen molar-refractivity contribution in [3.8, 4) is 5.75 Å². The van der Waals surface area contributed by atoms with Crippen LogP contribution in [0.2, 0.25) is 5.02 Å². The summed E-state index contributed by atoms with van der Waals surface area (Å²) in [7, 11) is 0. The second kappa shape index (κ2) is 7.75. The Kier molecular flexibility index (Phi) is 5.99. The monoisotopic (exact) mass is 315 g/mol. The van der Waals surface area contributed by atoms with E-state index in [1.54, 1.807) is 24.3 Å². The van der Waals surface area contributed by atoms with E-state index in [-0.39, 0.29) is 18.6 Å². The average Bonchev–Trinajstić information content (AvgIpc) is 2.47. The van der Waals surface area contributed by atoms with E-state index in [9.17, 15) is 4.79 Å². The SMILES string of the molecule is O=C(COc1ccc(Cl)cc1)N1CCCCC1CCCl. The van der Waals surface area contributed by atoms with Crippen LogP contribution in [-0.4, -0.2) is 35.9 Å². The molecular formula is C15H19Cl2NO2. The Morgan fingerprint density at radius 2 is 2.05 bits per heavy atom. The number of ether oxygens (including phenoxy) is 1. The minimum absolute atomic E-state index is 0.0368. The summed E-state index contributed by atoms with van der Waals surface area (Å²) in [5, 5.41) is 0.655. The van der Waals surface area contributed by atoms with Gasteiger partial charge >= 0.3 is 0 Å². The predicted molar refractivity (Wildman–Crippen MR) is 81.6 cm³/mol. The number of likely N-dealkylation sites (tertiary alicyclic amines) is 1. The van der Waals surface area contributed by atoms with Crippen LogP contribution in [0.25, 0.3) is 0 Å². The van der Waals surface area contributed by atoms with Crippen LogP contribution in [0.1, 0.15) is 25.7 Å². The van der Waals surface area contributed by atoms with Crippen molar-refractivity contribution in [1.82, 2.24) is 4.90 Å². The van der Waals surface area contributed by atoms with Crippen LogP contribution in [0, 0.1) is 0 Å². The van der Waals surface area contributed by atoms with Gasteiger partial charge in [0.05, 0.1) is 0 Å². The number of nitrogens with zero attached hydrogens (tertiary/aromatic N) is 1. The summed E-state index contributed by atoms with van der Waals surface area (Å²) < 4.78 is 5.52. The third-order valence-corrected chi connectivity index (χ3v) is 4.04. The summed E-state index contributed by atoms with van der Waals surface area (Å²) in [4.78, 5) is 14.2. The van der Waals surface area contributed by atoms with Crippen molar-refractivity contribution in [1.29, 1.82) is 0 Å². The van der Waals surface area contributed by atoms with E-state index in [2.05, 4.69) is 0 Å². The minimum Gasteiger partial charge on any atom is -0.484 e. The Morgan fingerprint density at radius 3 is 2.75 bits per heavy atom. The Balaban J connectivity index is 1.88. The van der Waals surface area contributed by atoms with E-state index in [1.807, 2.05) is 4.90 Å². The van der Waals surface area contributed by atoms with E-state index >= 15 is 0 Å². The van der Waals surface area contributed by atoms with E-state index in [0.717, 1.165) is 25.8 Å². The van der Waals surface area contributed by atoms with Gasteiger partial charge in [-0.15, -0.1) is 11.6 Å². The summed E-state index contributed by atoms with van der Waals surface area (Å²) in [5.74, 6) is 1.29. The Morgan fingerprint density at radius 1 is 1.30 bits per heavy atom. The molecule has 3 nitrogen and oxygen atoms in total. The Bertz CT molecular complexity index is 434. The molecule has 1 aliphatic rings. The number of hydrogen-bond donors (Lipinski definition) is 0. The molecule has 5 heteroatoms. The van der Waals surface area contributed by atoms with Gasteiger partial charge in [0.1, 0.15) is 5.75 Å². The molecule has 0 radical (unpaired) electrons. The van der Waals surface area contributed by atoms with Gasteiger partial charge in [-0.3, -0.25) is 4.79 Å². The number of carbonyl (C=O) groups is 1. The lowest BCUT2D eigenvalue weighted by Gasteiger charge is -2.35. The number of rotatable bonds is 5. The second-order valence-electron chi connectivity index (χ2n) is 4.96. The Hall–Kier alpha value is -0.930. The van der Waals surface area contributed by atoms with Crippen molar-refractivity contribution >= 4 is 29.1 Å². The molecule has 1 amide bonds. The normalized spacial score (nSPS) is 18.9. The smallest absolute Gasteiger partial charge is 0.260 e. The molecule has 1 fully saturated rings. The Labute approximate surface area is 129 Å². The molecule has 2 rings (SSSR count). The van der Waals surface area contributed by atoms with Crippen LogP contribution in [0.4, 0.5) is 0 Å². The summed E-state index contributed by atoms with van der Waals surface area (Å²) in [6.07, 6.45) is 4.13. The first-order valence-corrected chi connectivity index (χ1v) is 7.86. The van der Waals surface area contributed by atoms with Crippen molar-refractivity contribution in [2.24, 2.45) is 0 Å². The molecule has 1 heterocycles. The van der Waals surface area contributed by atoms with E-state index in [4.69, 9.17) is 27.9 Å². The van der Waals surface area contributed by atoms with Crippen LogP contribution in [0.5, 0.6) is 5.75 Å². The van der Waals surface area contributed by atoms with Gasteiger partial charge in [-0.05, 0) is 49.9 Å². The van der Waals surface area contributed by atoms with Crippen molar-refractivity contribution < 1.29 is 9.53 Å². The average molecular weight is 316 g/mol. The van der Waals surface area contributed by atoms with E-state index in [0.29, 0.717) is 16.7 Å². The fraction of sp³-hybridized carbons (Fsp3) is 0.533. The largest absolute Gasteiger partial charge is 0.484 e. The third kappa shape index (κ3) is 4.29. The van der Waals surface area contributed by atoms with Crippen molar-refractivity contribution in [3.63, 3.8) is 0 Å². The molecule has 0 spiro atoms. The fourth-order valence-corrected chi connectivity index (χ4v) is 2.89. The van der Waals surface area contributed by atoms with E-state index in [1.165, 1.54) is 6.42 Å². The maximum Gasteiger partial charge on any atom is 0.260 e. The predicted octanol–water partition coefficient (Wildman–Crippen LogP) is 3.73. The van der Waals surface area contributed by atoms with Crippen molar-refractivity contribution in [3.05, 3.63) is 29.3 Å². The van der Waals surface area contributed by atoms with Gasteiger partial charge in [0.15, 0.2) is 6.61 Å². The zero-order chi connectivity index (χ0) is 14.4. The number of alkyl halides is 1. The molecule has 0 aliphatic carbocycles. The highest BCUT2D eigenvalue weighted by molar-refractivity contribution is 6.30. The number of amides is 1. The zero-order valence-corrected chi connectivity index (χ0v) is 12.9. The minimum atomic E-state index is 0.0368. The van der Waals surface area contributed by atoms with Crippen LogP contribution in [-0.2, 0) is 4.79 Å². The van der Waals surface area contributed by atoms with Crippen LogP contribution >= 0.6 is 23.2 Å². The van der Waals surface area contributed by atoms with Gasteiger partial charge in [0.2, 0.25) is 0 Å². The number of carbonyl (C=O) groups excluding carboxylic acids is 1. The van der Waals surface area contributed by atoms with Crippen LogP contribution < -0.4 is 4.74 Å². The molecule has 0 aromatic heterocycles. The second-order valence-corrected chi connectivity index (χ2v) is 5.77. The van der Waals surface area contributed by atoms with Gasteiger partial charge < -0.3 is 9.64 Å². The lowest BCUT2D eigenvalue weighted by molar-refractivity contribution is -0.137. The standard InChI is InChI=1S/C15H19Cl2NO2/c16-9-8-13-3-1-2-10-18(13)15(19)11-20-14-6-4-12(17)5-7-14/h4-7,13H,1-3,8-11H2. The molecule has 0 N–H and O–H groups in total. The molecule has 20 heavy (non-hydrogen) atoms. The highest BCUT2D eigenvalue weighted by Crippen LogP contribution is 2.21. The number of halogens is 2. The summed E-state index contributed by atoms with van der Waals surface area (Å²) >= 11 is 11.6. The van der Waals surface area contributed by atoms with E-state index < -0.39 is 0 Å². The molecule has 1 aliphatic heterocycles. The number of piperidine rings is 1. The molecule has 1 aromatic rings. The topological polar surface area (TPSA) is 29.5 Å². The molecule has 110 valence electrons. The molecule has 1 unspecified atom stereocenters. The highest BCUT2D eigenvalue weighted by Gasteiger charge is 2.26. The molecule has 0 bridgehead atoms. The fourth-order valence-electron chi connectivity index (χ4n) is 2.51. The first-order valence-electron chi connectivity index (χ1n) is 6.94. The van der Waals surface area contributed by atoms with Gasteiger partial charge in [-0.1, -0.05) is 11.6 Å². The first kappa shape index (κ1) is 15.5. The lowest BCUT2D eigenvalue weighted by atomic mass is 10.00. The lowest BCUT2D eigenvalue weighted by Crippen LogP contribution is -2.46. The van der Waals surface area contributed by atoms with Crippen molar-refractivity contribution in [2.75, 3.05) is 19.0 Å². The summed E-state index contributed by atoms with van der Waals surface area (Å²) in [6, 6.07) is 7.30. The molecule has 1 aromatic carbocycles. The van der Waals surface area contributed by atoms with Gasteiger partial charge in [0.25, 0.3) is 5.91 Å². The molecule has 1 atom stereocenters. The van der Waals surface area contributed by atoms with Crippen molar-refractivity contribution in [2.45, 2.75) is 31.7 Å². The third-order valence-electron chi connectivity index (χ3n) is 3.57. The number of benzene rings is 1. The summed E-state index contributed by atoms with van der Waals surface area (Å²) in [6.45, 7) is 0.880. The quantitative estimate of drug-likeness (QED) is 0.775. The van der Waals surface area contributed by atoms with Gasteiger partial charge in [-0.25, -0.2) is 0 Å². The summed E-state index contributed by atoms with van der Waals surface area (Å²) in [5.41, 5.74) is 0. The van der Waals surface area contributed by atoms with Gasteiger partial charge in [0, 0.05) is 23.5 Å². The molecular weight excluding hydrogens is 297 g/mol. The van der Waals surface area contributed by atoms with Gasteiger partial charge in [-0.2, -0.15) is 0 Å². The van der Waals surface area contributed by atoms with Crippen LogP contribution in [0.15, 0.2) is 24.3 Å². The first-order chi connectivity index (χ1) is 9.70. The highest BCUT2D eigenvalue weighted by atomic mass is 35.5. The van der Waals surface area contributed by atoms with Crippen LogP contribution in [0.3, 0.4) is 0 Å². The molecule has 0 saturated carbocycles. The molecule has 1 saturated heterocycles. The maximum atomic E-state index is 12.3. The zero-order valence-electron chi connectivity index (χ0n) is 11.4.